The van der Waals surface area contributed by atoms with Crippen molar-refractivity contribution in [1.29, 1.82) is 5.26 Å². The first-order chi connectivity index (χ1) is 11.1. The highest BCUT2D eigenvalue weighted by Gasteiger charge is 2.19. The molecule has 4 nitrogen and oxygen atoms in total. The summed E-state index contributed by atoms with van der Waals surface area (Å²) in [4.78, 5) is 12.6. The molecule has 0 radical (unpaired) electrons. The summed E-state index contributed by atoms with van der Waals surface area (Å²) >= 11 is 0. The summed E-state index contributed by atoms with van der Waals surface area (Å²) in [6, 6.07) is 11.6. The van der Waals surface area contributed by atoms with Crippen molar-refractivity contribution in [3.8, 4) is 17.3 Å². The molecule has 4 heteroatoms. The van der Waals surface area contributed by atoms with Crippen LogP contribution < -0.4 is 5.56 Å². The summed E-state index contributed by atoms with van der Waals surface area (Å²) < 4.78 is 7.37. The fraction of sp³-hybridized carbons (Fsp3) is 0.368. The van der Waals surface area contributed by atoms with E-state index in [1.165, 1.54) is 11.1 Å². The topological polar surface area (TPSA) is 55.0 Å². The van der Waals surface area contributed by atoms with Crippen LogP contribution >= 0.6 is 0 Å². The van der Waals surface area contributed by atoms with Gasteiger partial charge < -0.3 is 9.30 Å². The molecule has 1 aromatic heterocycles. The molecule has 1 atom stereocenters. The largest absolute Gasteiger partial charge is 0.376 e. The van der Waals surface area contributed by atoms with Gasteiger partial charge in [-0.3, -0.25) is 4.79 Å². The Hall–Kier alpha value is -2.38. The highest BCUT2D eigenvalue weighted by atomic mass is 16.5. The van der Waals surface area contributed by atoms with Gasteiger partial charge in [0.15, 0.2) is 0 Å². The Bertz CT molecular complexity index is 824. The number of hydrogen-bond donors (Lipinski definition) is 0. The minimum atomic E-state index is -0.237. The van der Waals surface area contributed by atoms with E-state index in [9.17, 15) is 4.79 Å². The molecule has 1 saturated heterocycles. The monoisotopic (exact) mass is 308 g/mol. The minimum absolute atomic E-state index is 0.0481. The average Bonchev–Trinajstić information content (AvgIpc) is 3.05. The average molecular weight is 308 g/mol. The van der Waals surface area contributed by atoms with Crippen LogP contribution in [0.1, 0.15) is 29.5 Å². The van der Waals surface area contributed by atoms with Gasteiger partial charge in [-0.25, -0.2) is 0 Å². The third-order valence-corrected chi connectivity index (χ3v) is 4.51. The zero-order valence-electron chi connectivity index (χ0n) is 13.5. The van der Waals surface area contributed by atoms with Gasteiger partial charge in [-0.15, -0.1) is 0 Å². The first kappa shape index (κ1) is 15.5. The highest BCUT2D eigenvalue weighted by molar-refractivity contribution is 5.62. The van der Waals surface area contributed by atoms with Crippen LogP contribution in [0.15, 0.2) is 35.1 Å². The van der Waals surface area contributed by atoms with E-state index < -0.39 is 0 Å². The molecule has 0 N–H and O–H groups in total. The van der Waals surface area contributed by atoms with Crippen molar-refractivity contribution in [1.82, 2.24) is 4.57 Å². The Morgan fingerprint density at radius 1 is 1.26 bits per heavy atom. The Labute approximate surface area is 135 Å². The summed E-state index contributed by atoms with van der Waals surface area (Å²) in [5.41, 5.74) is 4.17. The van der Waals surface area contributed by atoms with Gasteiger partial charge in [0.2, 0.25) is 0 Å². The van der Waals surface area contributed by atoms with Gasteiger partial charge in [0.1, 0.15) is 11.6 Å². The molecule has 1 aliphatic rings. The highest BCUT2D eigenvalue weighted by Crippen LogP contribution is 2.23. The van der Waals surface area contributed by atoms with Crippen LogP contribution in [0.5, 0.6) is 0 Å². The lowest BCUT2D eigenvalue weighted by molar-refractivity contribution is 0.0965. The van der Waals surface area contributed by atoms with Gasteiger partial charge in [0.05, 0.1) is 18.3 Å². The summed E-state index contributed by atoms with van der Waals surface area (Å²) in [6.45, 7) is 5.37. The van der Waals surface area contributed by atoms with E-state index in [1.807, 2.05) is 18.2 Å². The van der Waals surface area contributed by atoms with E-state index >= 15 is 0 Å². The Morgan fingerprint density at radius 2 is 2.09 bits per heavy atom. The number of ether oxygens (including phenoxy) is 1. The summed E-state index contributed by atoms with van der Waals surface area (Å²) in [5, 5.41) is 9.15. The van der Waals surface area contributed by atoms with Crippen LogP contribution in [0.25, 0.3) is 11.3 Å². The van der Waals surface area contributed by atoms with Crippen molar-refractivity contribution >= 4 is 0 Å². The fourth-order valence-electron chi connectivity index (χ4n) is 2.99. The molecular formula is C19H20N2O2. The molecule has 1 unspecified atom stereocenters. The fourth-order valence-corrected chi connectivity index (χ4v) is 2.99. The maximum Gasteiger partial charge on any atom is 0.269 e. The third kappa shape index (κ3) is 3.06. The maximum absolute atomic E-state index is 12.6. The van der Waals surface area contributed by atoms with Crippen LogP contribution in [0.3, 0.4) is 0 Å². The SMILES string of the molecule is Cc1ccc(-c2ccc(C#N)c(=O)n2CC2CCCO2)cc1C. The van der Waals surface area contributed by atoms with Gasteiger partial charge in [-0.1, -0.05) is 12.1 Å². The number of benzene rings is 1. The first-order valence-electron chi connectivity index (χ1n) is 7.93. The molecule has 0 amide bonds. The van der Waals surface area contributed by atoms with E-state index in [1.54, 1.807) is 10.6 Å². The maximum atomic E-state index is 12.6. The Morgan fingerprint density at radius 3 is 2.74 bits per heavy atom. The molecule has 2 aromatic rings. The number of nitriles is 1. The van der Waals surface area contributed by atoms with E-state index in [4.69, 9.17) is 10.00 Å². The van der Waals surface area contributed by atoms with Crippen molar-refractivity contribution in [2.75, 3.05) is 6.61 Å². The van der Waals surface area contributed by atoms with Crippen LogP contribution in [0.4, 0.5) is 0 Å². The van der Waals surface area contributed by atoms with Crippen LogP contribution in [0.2, 0.25) is 0 Å². The second-order valence-electron chi connectivity index (χ2n) is 6.09. The van der Waals surface area contributed by atoms with Crippen LogP contribution in [-0.2, 0) is 11.3 Å². The molecule has 1 aliphatic heterocycles. The standard InChI is InChI=1S/C19H20N2O2/c1-13-5-6-15(10-14(13)2)18-8-7-16(11-20)19(22)21(18)12-17-4-3-9-23-17/h5-8,10,17H,3-4,9,12H2,1-2H3. The zero-order chi connectivity index (χ0) is 16.4. The van der Waals surface area contributed by atoms with Crippen molar-refractivity contribution in [2.24, 2.45) is 0 Å². The molecule has 0 saturated carbocycles. The summed E-state index contributed by atoms with van der Waals surface area (Å²) in [7, 11) is 0. The predicted octanol–water partition coefficient (Wildman–Crippen LogP) is 3.18. The number of nitrogens with zero attached hydrogens (tertiary/aromatic N) is 2. The molecule has 0 spiro atoms. The van der Waals surface area contributed by atoms with E-state index in [-0.39, 0.29) is 17.2 Å². The second-order valence-corrected chi connectivity index (χ2v) is 6.09. The van der Waals surface area contributed by atoms with Gasteiger partial charge >= 0.3 is 0 Å². The lowest BCUT2D eigenvalue weighted by Crippen LogP contribution is -2.29. The molecule has 1 fully saturated rings. The minimum Gasteiger partial charge on any atom is -0.376 e. The number of aromatic nitrogens is 1. The van der Waals surface area contributed by atoms with Crippen LogP contribution in [-0.4, -0.2) is 17.3 Å². The molecule has 0 bridgehead atoms. The van der Waals surface area contributed by atoms with Crippen molar-refractivity contribution in [2.45, 2.75) is 39.3 Å². The third-order valence-electron chi connectivity index (χ3n) is 4.51. The molecule has 1 aromatic carbocycles. The number of pyridine rings is 1. The van der Waals surface area contributed by atoms with E-state index in [0.29, 0.717) is 6.54 Å². The molecule has 0 aliphatic carbocycles. The quantitative estimate of drug-likeness (QED) is 0.875. The molecule has 2 heterocycles. The van der Waals surface area contributed by atoms with Gasteiger partial charge in [-0.05, 0) is 61.6 Å². The summed E-state index contributed by atoms with van der Waals surface area (Å²) in [5.74, 6) is 0. The Balaban J connectivity index is 2.11. The number of aryl methyl sites for hydroxylation is 2. The zero-order valence-corrected chi connectivity index (χ0v) is 13.5. The Kier molecular flexibility index (Phi) is 4.31. The number of rotatable bonds is 3. The lowest BCUT2D eigenvalue weighted by atomic mass is 10.0. The van der Waals surface area contributed by atoms with Gasteiger partial charge in [-0.2, -0.15) is 5.26 Å². The smallest absolute Gasteiger partial charge is 0.269 e. The summed E-state index contributed by atoms with van der Waals surface area (Å²) in [6.07, 6.45) is 2.03. The predicted molar refractivity (Wildman–Crippen MR) is 89.3 cm³/mol. The van der Waals surface area contributed by atoms with E-state index in [2.05, 4.69) is 26.0 Å². The van der Waals surface area contributed by atoms with Gasteiger partial charge in [0.25, 0.3) is 5.56 Å². The lowest BCUT2D eigenvalue weighted by Gasteiger charge is -2.17. The van der Waals surface area contributed by atoms with Crippen molar-refractivity contribution in [3.05, 3.63) is 57.4 Å². The molecule has 23 heavy (non-hydrogen) atoms. The van der Waals surface area contributed by atoms with Crippen molar-refractivity contribution in [3.63, 3.8) is 0 Å². The van der Waals surface area contributed by atoms with Gasteiger partial charge in [0, 0.05) is 6.61 Å². The normalized spacial score (nSPS) is 17.2. The van der Waals surface area contributed by atoms with Crippen LogP contribution in [0, 0.1) is 25.2 Å². The molecule has 118 valence electrons. The first-order valence-corrected chi connectivity index (χ1v) is 7.93. The van der Waals surface area contributed by atoms with E-state index in [0.717, 1.165) is 30.7 Å². The molecular weight excluding hydrogens is 288 g/mol. The molecule has 3 rings (SSSR count). The second kappa shape index (κ2) is 6.39. The number of hydrogen-bond acceptors (Lipinski definition) is 3. The van der Waals surface area contributed by atoms with Crippen molar-refractivity contribution < 1.29 is 4.74 Å².